The molecule has 1 aromatic carbocycles. The maximum absolute atomic E-state index is 14.3. The molecule has 8 atom stereocenters. The van der Waals surface area contributed by atoms with Crippen LogP contribution in [0.15, 0.2) is 30.5 Å². The van der Waals surface area contributed by atoms with Crippen molar-refractivity contribution in [1.29, 1.82) is 0 Å². The van der Waals surface area contributed by atoms with Crippen LogP contribution in [-0.4, -0.2) is 140 Å². The molecule has 0 spiro atoms. The second kappa shape index (κ2) is 22.7. The number of nitrogens with zero attached hydrogens (tertiary/aromatic N) is 1. The zero-order chi connectivity index (χ0) is 45.6. The minimum Gasteiger partial charge on any atom is -0.481 e. The standard InChI is InChI=1S/C38H54N10O13/c1-3-18(2)31(47-35(57)25(15-29(41)51)44-34(56)24(14-28(40)50)43-32(54)21(39)10-11-30(52)53)37(59)48-12-6-9-27(48)36(58)45-23(33(55)46-26(17-49)38(60)61)13-19-16-42-22-8-5-4-7-20(19)22/h4-5,7-8,16,18,21,23-27,31,42,49H,3,6,9-15,17,39H2,1-2H3,(H2,40,50)(H2,41,51)(H,43,54)(H,44,56)(H,45,58)(H,46,55)(H,47,57)(H,52,53)(H,60,61)/t18-,21-,23-,24-,25-,26-,27-,31-/m0/s1. The van der Waals surface area contributed by atoms with Crippen LogP contribution in [0.2, 0.25) is 0 Å². The van der Waals surface area contributed by atoms with E-state index in [1.54, 1.807) is 44.3 Å². The van der Waals surface area contributed by atoms with Crippen LogP contribution in [-0.2, 0) is 54.4 Å². The zero-order valence-corrected chi connectivity index (χ0v) is 33.7. The second-order valence-electron chi connectivity index (χ2n) is 14.8. The molecule has 61 heavy (non-hydrogen) atoms. The molecule has 0 radical (unpaired) electrons. The molecule has 1 fully saturated rings. The van der Waals surface area contributed by atoms with Gasteiger partial charge in [0.2, 0.25) is 47.3 Å². The van der Waals surface area contributed by atoms with Gasteiger partial charge >= 0.3 is 11.9 Å². The fraction of sp³-hybridized carbons (Fsp3) is 0.526. The predicted octanol–water partition coefficient (Wildman–Crippen LogP) is -3.81. The van der Waals surface area contributed by atoms with Gasteiger partial charge in [0.05, 0.1) is 25.5 Å². The number of hydrogen-bond acceptors (Lipinski definition) is 12. The van der Waals surface area contributed by atoms with Crippen LogP contribution in [0.1, 0.15) is 64.4 Å². The van der Waals surface area contributed by atoms with Gasteiger partial charge in [0.1, 0.15) is 36.3 Å². The van der Waals surface area contributed by atoms with E-state index in [1.807, 2.05) is 0 Å². The zero-order valence-electron chi connectivity index (χ0n) is 33.7. The number of aliphatic carboxylic acids is 2. The fourth-order valence-corrected chi connectivity index (χ4v) is 6.66. The summed E-state index contributed by atoms with van der Waals surface area (Å²) in [6.07, 6.45) is -0.0802. The third kappa shape index (κ3) is 14.0. The van der Waals surface area contributed by atoms with E-state index in [0.717, 1.165) is 10.9 Å². The first-order valence-corrected chi connectivity index (χ1v) is 19.5. The van der Waals surface area contributed by atoms with Gasteiger partial charge in [0.15, 0.2) is 0 Å². The number of carbonyl (C=O) groups excluding carboxylic acids is 8. The van der Waals surface area contributed by atoms with Crippen LogP contribution in [0.4, 0.5) is 0 Å². The van der Waals surface area contributed by atoms with Gasteiger partial charge < -0.3 is 69.0 Å². The molecular formula is C38H54N10O13. The lowest BCUT2D eigenvalue weighted by molar-refractivity contribution is -0.145. The highest BCUT2D eigenvalue weighted by Crippen LogP contribution is 2.23. The Labute approximate surface area is 349 Å². The lowest BCUT2D eigenvalue weighted by atomic mass is 9.96. The highest BCUT2D eigenvalue weighted by atomic mass is 16.4. The summed E-state index contributed by atoms with van der Waals surface area (Å²) in [4.78, 5) is 132. The number of primary amides is 2. The van der Waals surface area contributed by atoms with Crippen molar-refractivity contribution in [1.82, 2.24) is 36.5 Å². The van der Waals surface area contributed by atoms with Gasteiger partial charge in [-0.25, -0.2) is 4.79 Å². The Bertz CT molecular complexity index is 1970. The molecule has 0 bridgehead atoms. The van der Waals surface area contributed by atoms with E-state index < -0.39 is 133 Å². The van der Waals surface area contributed by atoms with Crippen molar-refractivity contribution in [3.05, 3.63) is 36.0 Å². The lowest BCUT2D eigenvalue weighted by Gasteiger charge is -2.33. The van der Waals surface area contributed by atoms with Crippen LogP contribution >= 0.6 is 0 Å². The topological polar surface area (TPSA) is 389 Å². The first-order chi connectivity index (χ1) is 28.8. The molecule has 23 nitrogen and oxygen atoms in total. The number of aromatic amines is 1. The number of carboxylic acids is 2. The molecule has 3 rings (SSSR count). The van der Waals surface area contributed by atoms with E-state index in [0.29, 0.717) is 18.4 Å². The van der Waals surface area contributed by atoms with E-state index in [4.69, 9.17) is 22.3 Å². The van der Waals surface area contributed by atoms with E-state index in [2.05, 4.69) is 31.6 Å². The number of H-pyrrole nitrogens is 1. The fourth-order valence-electron chi connectivity index (χ4n) is 6.66. The lowest BCUT2D eigenvalue weighted by Crippen LogP contribution is -2.61. The molecule has 0 unspecified atom stereocenters. The number of aliphatic hydroxyl groups is 1. The summed E-state index contributed by atoms with van der Waals surface area (Å²) >= 11 is 0. The molecule has 23 heteroatoms. The Kier molecular flexibility index (Phi) is 18.1. The minimum absolute atomic E-state index is 0.0508. The number of hydrogen-bond donors (Lipinski definition) is 12. The minimum atomic E-state index is -1.76. The normalized spacial score (nSPS) is 17.0. The van der Waals surface area contributed by atoms with Crippen molar-refractivity contribution in [2.45, 2.75) is 108 Å². The third-order valence-corrected chi connectivity index (χ3v) is 10.2. The largest absolute Gasteiger partial charge is 0.481 e. The van der Waals surface area contributed by atoms with Gasteiger partial charge in [-0.05, 0) is 36.8 Å². The summed E-state index contributed by atoms with van der Waals surface area (Å²) in [5.74, 6) is -11.1. The Morgan fingerprint density at radius 2 is 1.39 bits per heavy atom. The smallest absolute Gasteiger partial charge is 0.328 e. The number of rotatable bonds is 24. The number of nitrogens with one attached hydrogen (secondary N) is 6. The molecule has 8 amide bonds. The SMILES string of the molecule is CC[C@H](C)[C@H](NC(=O)[C@H](CC(N)=O)NC(=O)[C@H](CC(N)=O)NC(=O)[C@@H](N)CCC(=O)O)C(=O)N1CCC[C@H]1C(=O)N[C@@H](Cc1c[nH]c2ccccc12)C(=O)N[C@@H](CO)C(=O)O. The number of nitrogens with two attached hydrogens (primary N) is 3. The first kappa shape index (κ1) is 48.7. The summed E-state index contributed by atoms with van der Waals surface area (Å²) in [7, 11) is 0. The molecule has 2 aromatic rings. The molecule has 1 aliphatic rings. The second-order valence-corrected chi connectivity index (χ2v) is 14.8. The van der Waals surface area contributed by atoms with Crippen molar-refractivity contribution in [2.75, 3.05) is 13.2 Å². The van der Waals surface area contributed by atoms with Crippen molar-refractivity contribution < 1.29 is 63.3 Å². The number of likely N-dealkylation sites (tertiary alicyclic amines) is 1. The van der Waals surface area contributed by atoms with Gasteiger partial charge in [0, 0.05) is 36.5 Å². The van der Waals surface area contributed by atoms with Crippen molar-refractivity contribution in [2.24, 2.45) is 23.1 Å². The van der Waals surface area contributed by atoms with Crippen LogP contribution in [0.3, 0.4) is 0 Å². The average molecular weight is 859 g/mol. The van der Waals surface area contributed by atoms with Gasteiger partial charge in [-0.1, -0.05) is 38.5 Å². The van der Waals surface area contributed by atoms with Gasteiger partial charge in [-0.2, -0.15) is 0 Å². The number of benzene rings is 1. The van der Waals surface area contributed by atoms with Crippen LogP contribution < -0.4 is 43.8 Å². The summed E-state index contributed by atoms with van der Waals surface area (Å²) in [6, 6.07) is -3.30. The molecule has 15 N–H and O–H groups in total. The molecular weight excluding hydrogens is 804 g/mol. The monoisotopic (exact) mass is 858 g/mol. The Hall–Kier alpha value is -6.62. The van der Waals surface area contributed by atoms with E-state index in [-0.39, 0.29) is 25.8 Å². The number of aromatic nitrogens is 1. The number of carbonyl (C=O) groups is 10. The van der Waals surface area contributed by atoms with E-state index in [9.17, 15) is 58.2 Å². The molecule has 334 valence electrons. The maximum Gasteiger partial charge on any atom is 0.328 e. The quantitative estimate of drug-likeness (QED) is 0.0482. The Morgan fingerprint density at radius 1 is 0.820 bits per heavy atom. The highest BCUT2D eigenvalue weighted by Gasteiger charge is 2.41. The van der Waals surface area contributed by atoms with Crippen molar-refractivity contribution in [3.8, 4) is 0 Å². The molecule has 1 aromatic heterocycles. The Balaban J connectivity index is 1.84. The van der Waals surface area contributed by atoms with E-state index >= 15 is 0 Å². The summed E-state index contributed by atoms with van der Waals surface area (Å²) in [6.45, 7) is 2.47. The number of carboxylic acid groups (broad SMARTS) is 2. The summed E-state index contributed by atoms with van der Waals surface area (Å²) in [5.41, 5.74) is 17.7. The predicted molar refractivity (Wildman–Crippen MR) is 213 cm³/mol. The number of para-hydroxylation sites is 1. The molecule has 1 aliphatic heterocycles. The first-order valence-electron chi connectivity index (χ1n) is 19.5. The van der Waals surface area contributed by atoms with Crippen LogP contribution in [0.5, 0.6) is 0 Å². The highest BCUT2D eigenvalue weighted by molar-refractivity contribution is 5.99. The van der Waals surface area contributed by atoms with Crippen LogP contribution in [0, 0.1) is 5.92 Å². The van der Waals surface area contributed by atoms with Gasteiger partial charge in [0.25, 0.3) is 0 Å². The molecule has 0 aliphatic carbocycles. The number of amides is 8. The van der Waals surface area contributed by atoms with Gasteiger partial charge in [-0.15, -0.1) is 0 Å². The van der Waals surface area contributed by atoms with Crippen molar-refractivity contribution >= 4 is 70.1 Å². The molecule has 0 saturated carbocycles. The number of fused-ring (bicyclic) bond motifs is 1. The Morgan fingerprint density at radius 3 is 1.97 bits per heavy atom. The average Bonchev–Trinajstić information content (AvgIpc) is 3.87. The van der Waals surface area contributed by atoms with Crippen molar-refractivity contribution in [3.63, 3.8) is 0 Å². The summed E-state index contributed by atoms with van der Waals surface area (Å²) in [5, 5.41) is 40.5. The third-order valence-electron chi connectivity index (χ3n) is 10.2. The molecule has 1 saturated heterocycles. The van der Waals surface area contributed by atoms with Crippen LogP contribution in [0.25, 0.3) is 10.9 Å². The number of aliphatic hydroxyl groups excluding tert-OH is 1. The van der Waals surface area contributed by atoms with Gasteiger partial charge in [-0.3, -0.25) is 43.2 Å². The van der Waals surface area contributed by atoms with E-state index in [1.165, 1.54) is 4.90 Å². The molecule has 2 heterocycles. The maximum atomic E-state index is 14.3. The summed E-state index contributed by atoms with van der Waals surface area (Å²) < 4.78 is 0.